The van der Waals surface area contributed by atoms with Crippen LogP contribution in [0.5, 0.6) is 11.5 Å². The highest BCUT2D eigenvalue weighted by Gasteiger charge is 2.43. The summed E-state index contributed by atoms with van der Waals surface area (Å²) in [6, 6.07) is 10.5. The van der Waals surface area contributed by atoms with Gasteiger partial charge in [0, 0.05) is 36.4 Å². The first-order valence-electron chi connectivity index (χ1n) is 12.5. The molecule has 42 heavy (non-hydrogen) atoms. The number of pyridine rings is 1. The summed E-state index contributed by atoms with van der Waals surface area (Å²) < 4.78 is 63.5. The molecule has 1 aliphatic heterocycles. The number of nitrogens with zero attached hydrogens (tertiary/aromatic N) is 5. The molecule has 1 amide bonds. The third kappa shape index (κ3) is 7.41. The summed E-state index contributed by atoms with van der Waals surface area (Å²) in [5.41, 5.74) is 3.26. The molecule has 0 aliphatic carbocycles. The number of carbonyl (C=O) groups is 2. The lowest BCUT2D eigenvalue weighted by Crippen LogP contribution is -2.52. The van der Waals surface area contributed by atoms with E-state index in [2.05, 4.69) is 30.8 Å². The number of benzene rings is 2. The molecule has 0 spiro atoms. The summed E-state index contributed by atoms with van der Waals surface area (Å²) in [6.45, 7) is 2.20. The Kier molecular flexibility index (Phi) is 9.75. The molecule has 2 heterocycles. The van der Waals surface area contributed by atoms with Gasteiger partial charge in [0.15, 0.2) is 5.75 Å². The largest absolute Gasteiger partial charge is 0.492 e. The Hall–Kier alpha value is -4.50. The van der Waals surface area contributed by atoms with Crippen LogP contribution in [-0.4, -0.2) is 54.1 Å². The number of hydrazine groups is 1. The lowest BCUT2D eigenvalue weighted by Gasteiger charge is -2.35. The van der Waals surface area contributed by atoms with Crippen molar-refractivity contribution in [3.63, 3.8) is 0 Å². The molecule has 0 radical (unpaired) electrons. The van der Waals surface area contributed by atoms with E-state index in [0.29, 0.717) is 6.54 Å². The van der Waals surface area contributed by atoms with Crippen LogP contribution in [0, 0.1) is 5.82 Å². The number of esters is 1. The van der Waals surface area contributed by atoms with Crippen molar-refractivity contribution in [2.24, 2.45) is 10.3 Å². The zero-order chi connectivity index (χ0) is 30.3. The van der Waals surface area contributed by atoms with Crippen LogP contribution < -0.4 is 25.1 Å². The van der Waals surface area contributed by atoms with Gasteiger partial charge < -0.3 is 14.8 Å². The Balaban J connectivity index is 1.72. The number of rotatable bonds is 11. The number of hydrogen-bond acceptors (Lipinski definition) is 10. The van der Waals surface area contributed by atoms with E-state index in [0.717, 1.165) is 34.9 Å². The quantitative estimate of drug-likeness (QED) is 0.129. The molecule has 11 nitrogen and oxygen atoms in total. The molecule has 1 aliphatic rings. The summed E-state index contributed by atoms with van der Waals surface area (Å²) in [6.07, 6.45) is -2.85. The van der Waals surface area contributed by atoms with Crippen LogP contribution in [0.15, 0.2) is 71.3 Å². The van der Waals surface area contributed by atoms with Gasteiger partial charge in [-0.15, -0.1) is 0 Å². The second-order valence-electron chi connectivity index (χ2n) is 8.61. The second-order valence-corrected chi connectivity index (χ2v) is 9.02. The van der Waals surface area contributed by atoms with Gasteiger partial charge in [0.25, 0.3) is 5.91 Å². The molecule has 1 atom stereocenters. The van der Waals surface area contributed by atoms with E-state index in [4.69, 9.17) is 16.3 Å². The van der Waals surface area contributed by atoms with Crippen LogP contribution >= 0.6 is 11.6 Å². The van der Waals surface area contributed by atoms with Crippen molar-refractivity contribution >= 4 is 34.9 Å². The van der Waals surface area contributed by atoms with E-state index in [9.17, 15) is 27.2 Å². The number of ether oxygens (including phenoxy) is 2. The van der Waals surface area contributed by atoms with Crippen molar-refractivity contribution in [1.82, 2.24) is 15.5 Å². The number of halogens is 5. The molecule has 2 aromatic carbocycles. The van der Waals surface area contributed by atoms with Crippen molar-refractivity contribution in [3.05, 3.63) is 77.3 Å². The van der Waals surface area contributed by atoms with Gasteiger partial charge in [-0.3, -0.25) is 14.7 Å². The normalized spacial score (nSPS) is 13.5. The highest BCUT2D eigenvalue weighted by Crippen LogP contribution is 2.37. The molecular formula is C26H24ClF4N7O4. The van der Waals surface area contributed by atoms with Crippen molar-refractivity contribution in [3.8, 4) is 11.5 Å². The van der Waals surface area contributed by atoms with Gasteiger partial charge in [-0.05, 0) is 48.9 Å². The van der Waals surface area contributed by atoms with E-state index >= 15 is 0 Å². The topological polar surface area (TPSA) is 121 Å². The average Bonchev–Trinajstić information content (AvgIpc) is 3.50. The minimum atomic E-state index is -5.38. The molecule has 4 rings (SSSR count). The Morgan fingerprint density at radius 3 is 2.50 bits per heavy atom. The van der Waals surface area contributed by atoms with E-state index in [1.165, 1.54) is 17.3 Å². The summed E-state index contributed by atoms with van der Waals surface area (Å²) in [7, 11) is 0. The number of aromatic nitrogens is 1. The van der Waals surface area contributed by atoms with Crippen LogP contribution in [-0.2, 0) is 4.79 Å². The summed E-state index contributed by atoms with van der Waals surface area (Å²) in [5, 5.41) is 11.6. The standard InChI is InChI=1S/C26H24ClF4N7O4/c1-2-22(38-35-15-34-36-38)37(18-5-3-16(28)4-6-18)24(39)20-13-19(41-12-11-33-17-7-9-32-10-8-17)14-21(27)23(20)42-25(40)26(29,30)31/h3-10,13-14,22,35H,2,11-12,15H2,1H3,(H,32,33). The monoisotopic (exact) mass is 609 g/mol. The SMILES string of the molecule is CCC(N1N=NCN1)N(C(=O)c1cc(OCCNc2ccncc2)cc(Cl)c1OC(=O)C(F)(F)F)c1ccc(F)cc1. The Morgan fingerprint density at radius 2 is 1.88 bits per heavy atom. The van der Waals surface area contributed by atoms with E-state index in [1.807, 2.05) is 0 Å². The van der Waals surface area contributed by atoms with Crippen LogP contribution in [0.2, 0.25) is 5.02 Å². The first-order chi connectivity index (χ1) is 20.1. The third-order valence-electron chi connectivity index (χ3n) is 5.79. The predicted molar refractivity (Wildman–Crippen MR) is 143 cm³/mol. The maximum Gasteiger partial charge on any atom is 0.491 e. The van der Waals surface area contributed by atoms with E-state index < -0.39 is 46.4 Å². The molecule has 222 valence electrons. The molecule has 3 aromatic rings. The third-order valence-corrected chi connectivity index (χ3v) is 6.07. The van der Waals surface area contributed by atoms with Crippen LogP contribution in [0.25, 0.3) is 0 Å². The fourth-order valence-electron chi connectivity index (χ4n) is 3.92. The fourth-order valence-corrected chi connectivity index (χ4v) is 4.17. The summed E-state index contributed by atoms with van der Waals surface area (Å²) >= 11 is 6.27. The van der Waals surface area contributed by atoms with Gasteiger partial charge in [0.2, 0.25) is 0 Å². The molecule has 0 bridgehead atoms. The van der Waals surface area contributed by atoms with Crippen molar-refractivity contribution < 1.29 is 36.6 Å². The molecule has 0 saturated carbocycles. The first-order valence-corrected chi connectivity index (χ1v) is 12.8. The minimum Gasteiger partial charge on any atom is -0.492 e. The van der Waals surface area contributed by atoms with Gasteiger partial charge in [0.1, 0.15) is 31.0 Å². The number of anilines is 2. The lowest BCUT2D eigenvalue weighted by atomic mass is 10.1. The van der Waals surface area contributed by atoms with E-state index in [1.54, 1.807) is 31.5 Å². The molecule has 16 heteroatoms. The van der Waals surface area contributed by atoms with Crippen LogP contribution in [0.4, 0.5) is 28.9 Å². The Morgan fingerprint density at radius 1 is 1.17 bits per heavy atom. The van der Waals surface area contributed by atoms with Crippen LogP contribution in [0.1, 0.15) is 23.7 Å². The first kappa shape index (κ1) is 30.5. The van der Waals surface area contributed by atoms with E-state index in [-0.39, 0.29) is 31.1 Å². The molecular weight excluding hydrogens is 586 g/mol. The zero-order valence-electron chi connectivity index (χ0n) is 21.9. The Bertz CT molecular complexity index is 1430. The highest BCUT2D eigenvalue weighted by molar-refractivity contribution is 6.33. The maximum atomic E-state index is 14.2. The van der Waals surface area contributed by atoms with Gasteiger partial charge in [-0.25, -0.2) is 9.18 Å². The molecule has 1 aromatic heterocycles. The van der Waals surface area contributed by atoms with Crippen molar-refractivity contribution in [2.45, 2.75) is 25.7 Å². The fraction of sp³-hybridized carbons (Fsp3) is 0.269. The van der Waals surface area contributed by atoms with Gasteiger partial charge in [-0.1, -0.05) is 23.7 Å². The second kappa shape index (κ2) is 13.4. The molecule has 0 saturated heterocycles. The number of nitrogens with one attached hydrogen (secondary N) is 2. The summed E-state index contributed by atoms with van der Waals surface area (Å²) in [5.74, 6) is -4.92. The number of amides is 1. The van der Waals surface area contributed by atoms with Crippen molar-refractivity contribution in [1.29, 1.82) is 0 Å². The Labute approximate surface area is 242 Å². The minimum absolute atomic E-state index is 0.0118. The molecule has 0 fully saturated rings. The zero-order valence-corrected chi connectivity index (χ0v) is 22.7. The van der Waals surface area contributed by atoms with Gasteiger partial charge in [-0.2, -0.15) is 28.8 Å². The van der Waals surface area contributed by atoms with Gasteiger partial charge in [0.05, 0.1) is 10.6 Å². The molecule has 1 unspecified atom stereocenters. The number of alkyl halides is 3. The van der Waals surface area contributed by atoms with Crippen LogP contribution in [0.3, 0.4) is 0 Å². The number of hydrogen-bond donors (Lipinski definition) is 2. The van der Waals surface area contributed by atoms with Crippen molar-refractivity contribution in [2.75, 3.05) is 30.0 Å². The predicted octanol–water partition coefficient (Wildman–Crippen LogP) is 5.36. The highest BCUT2D eigenvalue weighted by atomic mass is 35.5. The van der Waals surface area contributed by atoms with Gasteiger partial charge >= 0.3 is 12.1 Å². The molecule has 2 N–H and O–H groups in total. The smallest absolute Gasteiger partial charge is 0.491 e. The average molecular weight is 610 g/mol. The lowest BCUT2D eigenvalue weighted by molar-refractivity contribution is -0.189. The number of carbonyl (C=O) groups excluding carboxylic acids is 2. The summed E-state index contributed by atoms with van der Waals surface area (Å²) in [4.78, 5) is 31.0. The maximum absolute atomic E-state index is 14.2.